The van der Waals surface area contributed by atoms with Gasteiger partial charge in [-0.1, -0.05) is 36.4 Å². The minimum atomic E-state index is -0.721. The summed E-state index contributed by atoms with van der Waals surface area (Å²) in [5, 5.41) is 14.3. The number of nitrogens with one attached hydrogen (secondary N) is 1. The van der Waals surface area contributed by atoms with Crippen molar-refractivity contribution in [1.29, 1.82) is 0 Å². The maximum absolute atomic E-state index is 12.4. The molecule has 0 bridgehead atoms. The van der Waals surface area contributed by atoms with Crippen molar-refractivity contribution in [3.8, 4) is 0 Å². The molecule has 0 fully saturated rings. The topological polar surface area (TPSA) is 58.6 Å². The number of hydrogen-bond donors (Lipinski definition) is 2. The molecule has 1 atom stereocenters. The van der Waals surface area contributed by atoms with Crippen LogP contribution in [0.5, 0.6) is 0 Å². The first-order valence-corrected chi connectivity index (χ1v) is 8.52. The Morgan fingerprint density at radius 3 is 2.75 bits per heavy atom. The molecule has 2 aromatic carbocycles. The van der Waals surface area contributed by atoms with E-state index >= 15 is 0 Å². The quantitative estimate of drug-likeness (QED) is 0.721. The summed E-state index contributed by atoms with van der Waals surface area (Å²) in [6.07, 6.45) is -0.721. The third-order valence-electron chi connectivity index (χ3n) is 3.79. The highest BCUT2D eigenvalue weighted by Crippen LogP contribution is 2.29. The van der Waals surface area contributed by atoms with Gasteiger partial charge in [0.2, 0.25) is 0 Å². The van der Waals surface area contributed by atoms with Gasteiger partial charge >= 0.3 is 0 Å². The Bertz CT molecular complexity index is 810. The van der Waals surface area contributed by atoms with E-state index in [-0.39, 0.29) is 12.5 Å². The van der Waals surface area contributed by atoms with E-state index in [0.717, 1.165) is 20.5 Å². The highest BCUT2D eigenvalue weighted by Gasteiger charge is 2.15. The van der Waals surface area contributed by atoms with Crippen LogP contribution in [0.15, 0.2) is 54.6 Å². The first kappa shape index (κ1) is 16.6. The number of fused-ring (bicyclic) bond motifs is 1. The Labute approximate surface area is 144 Å². The first-order valence-electron chi connectivity index (χ1n) is 7.70. The van der Waals surface area contributed by atoms with E-state index in [1.807, 2.05) is 48.5 Å². The highest BCUT2D eigenvalue weighted by molar-refractivity contribution is 7.19. The second-order valence-corrected chi connectivity index (χ2v) is 6.62. The smallest absolute Gasteiger partial charge is 0.251 e. The molecule has 1 unspecified atom stereocenters. The lowest BCUT2D eigenvalue weighted by Gasteiger charge is -2.12. The van der Waals surface area contributed by atoms with Crippen LogP contribution >= 0.6 is 11.3 Å². The van der Waals surface area contributed by atoms with Gasteiger partial charge in [0.25, 0.3) is 5.91 Å². The predicted molar refractivity (Wildman–Crippen MR) is 96.3 cm³/mol. The highest BCUT2D eigenvalue weighted by atomic mass is 32.1. The zero-order valence-corrected chi connectivity index (χ0v) is 14.2. The normalized spacial score (nSPS) is 12.2. The van der Waals surface area contributed by atoms with Gasteiger partial charge < -0.3 is 15.2 Å². The summed E-state index contributed by atoms with van der Waals surface area (Å²) in [5.74, 6) is -0.206. The zero-order valence-electron chi connectivity index (χ0n) is 13.4. The van der Waals surface area contributed by atoms with Crippen molar-refractivity contribution in [1.82, 2.24) is 5.32 Å². The fourth-order valence-electron chi connectivity index (χ4n) is 2.58. The van der Waals surface area contributed by atoms with E-state index in [1.54, 1.807) is 24.5 Å². The number of hydrogen-bond acceptors (Lipinski definition) is 4. The Kier molecular flexibility index (Phi) is 5.25. The number of amides is 1. The Morgan fingerprint density at radius 2 is 1.96 bits per heavy atom. The lowest BCUT2D eigenvalue weighted by atomic mass is 10.1. The molecule has 2 N–H and O–H groups in total. The zero-order chi connectivity index (χ0) is 16.9. The molecule has 0 saturated heterocycles. The number of carbonyl (C=O) groups excluding carboxylic acids is 1. The van der Waals surface area contributed by atoms with Gasteiger partial charge in [0, 0.05) is 28.8 Å². The molecule has 0 spiro atoms. The average molecular weight is 341 g/mol. The molecular weight excluding hydrogens is 322 g/mol. The monoisotopic (exact) mass is 341 g/mol. The van der Waals surface area contributed by atoms with Gasteiger partial charge in [-0.25, -0.2) is 0 Å². The molecule has 3 rings (SSSR count). The van der Waals surface area contributed by atoms with Crippen LogP contribution in [0, 0.1) is 0 Å². The lowest BCUT2D eigenvalue weighted by molar-refractivity contribution is 0.0913. The van der Waals surface area contributed by atoms with Crippen LogP contribution in [0.4, 0.5) is 0 Å². The SMILES string of the molecule is COCc1ccccc1C(=O)NCC(O)c1cc2ccccc2s1. The van der Waals surface area contributed by atoms with Crippen LogP contribution in [0.3, 0.4) is 0 Å². The largest absolute Gasteiger partial charge is 0.386 e. The molecule has 5 heteroatoms. The third-order valence-corrected chi connectivity index (χ3v) is 5.01. The average Bonchev–Trinajstić information content (AvgIpc) is 3.04. The number of benzene rings is 2. The van der Waals surface area contributed by atoms with Gasteiger partial charge in [-0.15, -0.1) is 11.3 Å². The maximum Gasteiger partial charge on any atom is 0.251 e. The van der Waals surface area contributed by atoms with Gasteiger partial charge in [-0.05, 0) is 29.1 Å². The van der Waals surface area contributed by atoms with Crippen LogP contribution in [0.1, 0.15) is 26.9 Å². The number of aliphatic hydroxyl groups is 1. The summed E-state index contributed by atoms with van der Waals surface area (Å²) < 4.78 is 6.25. The Morgan fingerprint density at radius 1 is 1.21 bits per heavy atom. The molecule has 124 valence electrons. The molecule has 3 aromatic rings. The molecule has 0 aliphatic heterocycles. The molecule has 0 aliphatic rings. The summed E-state index contributed by atoms with van der Waals surface area (Å²) in [6, 6.07) is 17.3. The van der Waals surface area contributed by atoms with Crippen LogP contribution in [0.2, 0.25) is 0 Å². The maximum atomic E-state index is 12.4. The summed E-state index contributed by atoms with van der Waals surface area (Å²) in [5.41, 5.74) is 1.40. The second kappa shape index (κ2) is 7.57. The Balaban J connectivity index is 1.67. The minimum Gasteiger partial charge on any atom is -0.386 e. The lowest BCUT2D eigenvalue weighted by Crippen LogP contribution is -2.29. The standard InChI is InChI=1S/C19H19NO3S/c1-23-12-14-7-2-4-8-15(14)19(22)20-11-16(21)18-10-13-6-3-5-9-17(13)24-18/h2-10,16,21H,11-12H2,1H3,(H,20,22). The van der Waals surface area contributed by atoms with Crippen LogP contribution in [-0.2, 0) is 11.3 Å². The number of aliphatic hydroxyl groups excluding tert-OH is 1. The van der Waals surface area contributed by atoms with Gasteiger partial charge in [-0.3, -0.25) is 4.79 Å². The van der Waals surface area contributed by atoms with Crippen molar-refractivity contribution < 1.29 is 14.6 Å². The van der Waals surface area contributed by atoms with E-state index in [1.165, 1.54) is 0 Å². The van der Waals surface area contributed by atoms with Crippen molar-refractivity contribution in [3.05, 3.63) is 70.6 Å². The third kappa shape index (κ3) is 3.64. The number of rotatable bonds is 6. The van der Waals surface area contributed by atoms with E-state index in [9.17, 15) is 9.90 Å². The fraction of sp³-hybridized carbons (Fsp3) is 0.211. The van der Waals surface area contributed by atoms with Crippen molar-refractivity contribution in [2.75, 3.05) is 13.7 Å². The molecular formula is C19H19NO3S. The van der Waals surface area contributed by atoms with Gasteiger partial charge in [-0.2, -0.15) is 0 Å². The van der Waals surface area contributed by atoms with E-state index in [4.69, 9.17) is 4.74 Å². The molecule has 1 aromatic heterocycles. The number of ether oxygens (including phenoxy) is 1. The molecule has 0 saturated carbocycles. The van der Waals surface area contributed by atoms with Crippen molar-refractivity contribution >= 4 is 27.3 Å². The van der Waals surface area contributed by atoms with E-state index in [0.29, 0.717) is 12.2 Å². The van der Waals surface area contributed by atoms with E-state index < -0.39 is 6.10 Å². The summed E-state index contributed by atoms with van der Waals surface area (Å²) in [4.78, 5) is 13.2. The van der Waals surface area contributed by atoms with Gasteiger partial charge in [0.1, 0.15) is 6.10 Å². The van der Waals surface area contributed by atoms with Gasteiger partial charge in [0.15, 0.2) is 0 Å². The molecule has 24 heavy (non-hydrogen) atoms. The number of carbonyl (C=O) groups is 1. The van der Waals surface area contributed by atoms with Crippen molar-refractivity contribution in [3.63, 3.8) is 0 Å². The second-order valence-electron chi connectivity index (χ2n) is 5.50. The van der Waals surface area contributed by atoms with Crippen molar-refractivity contribution in [2.24, 2.45) is 0 Å². The van der Waals surface area contributed by atoms with E-state index in [2.05, 4.69) is 5.32 Å². The van der Waals surface area contributed by atoms with Crippen LogP contribution in [0.25, 0.3) is 10.1 Å². The number of methoxy groups -OCH3 is 1. The Hall–Kier alpha value is -2.21. The van der Waals surface area contributed by atoms with Crippen molar-refractivity contribution in [2.45, 2.75) is 12.7 Å². The minimum absolute atomic E-state index is 0.174. The van der Waals surface area contributed by atoms with Crippen LogP contribution in [-0.4, -0.2) is 24.7 Å². The molecule has 1 amide bonds. The number of thiophene rings is 1. The first-order chi connectivity index (χ1) is 11.7. The fourth-order valence-corrected chi connectivity index (χ4v) is 3.63. The summed E-state index contributed by atoms with van der Waals surface area (Å²) in [6.45, 7) is 0.551. The molecule has 4 nitrogen and oxygen atoms in total. The molecule has 0 aliphatic carbocycles. The van der Waals surface area contributed by atoms with Gasteiger partial charge in [0.05, 0.1) is 6.61 Å². The molecule has 0 radical (unpaired) electrons. The summed E-state index contributed by atoms with van der Waals surface area (Å²) >= 11 is 1.54. The van der Waals surface area contributed by atoms with Crippen LogP contribution < -0.4 is 5.32 Å². The molecule has 1 heterocycles. The predicted octanol–water partition coefficient (Wildman–Crippen LogP) is 3.51. The summed E-state index contributed by atoms with van der Waals surface area (Å²) in [7, 11) is 1.60.